The predicted molar refractivity (Wildman–Crippen MR) is 256 cm³/mol. The maximum atomic E-state index is 12.8. The summed E-state index contributed by atoms with van der Waals surface area (Å²) >= 11 is 0. The Balaban J connectivity index is 4.38. The van der Waals surface area contributed by atoms with Crippen LogP contribution in [0.1, 0.15) is 258 Å². The molecule has 6 heteroatoms. The van der Waals surface area contributed by atoms with E-state index in [9.17, 15) is 14.4 Å². The lowest BCUT2D eigenvalue weighted by Gasteiger charge is -2.18. The van der Waals surface area contributed by atoms with Crippen molar-refractivity contribution in [1.29, 1.82) is 0 Å². The van der Waals surface area contributed by atoms with E-state index in [1.165, 1.54) is 128 Å². The largest absolute Gasteiger partial charge is 0.462 e. The highest BCUT2D eigenvalue weighted by molar-refractivity contribution is 5.71. The van der Waals surface area contributed by atoms with Gasteiger partial charge in [-0.05, 0) is 64.2 Å². The quantitative estimate of drug-likeness (QED) is 0.0263. The van der Waals surface area contributed by atoms with Gasteiger partial charge in [0.25, 0.3) is 0 Å². The second kappa shape index (κ2) is 49.0. The summed E-state index contributed by atoms with van der Waals surface area (Å²) in [7, 11) is 0. The van der Waals surface area contributed by atoms with Crippen LogP contribution >= 0.6 is 0 Å². The third-order valence-electron chi connectivity index (χ3n) is 11.1. The van der Waals surface area contributed by atoms with Crippen molar-refractivity contribution in [2.75, 3.05) is 13.2 Å². The van der Waals surface area contributed by atoms with Crippen LogP contribution in [0, 0.1) is 0 Å². The Morgan fingerprint density at radius 2 is 0.600 bits per heavy atom. The molecule has 0 aromatic carbocycles. The van der Waals surface area contributed by atoms with Gasteiger partial charge in [-0.25, -0.2) is 0 Å². The van der Waals surface area contributed by atoms with Crippen LogP contribution in [0.4, 0.5) is 0 Å². The fourth-order valence-corrected chi connectivity index (χ4v) is 7.17. The molecule has 0 bridgehead atoms. The molecule has 0 saturated heterocycles. The molecule has 60 heavy (non-hydrogen) atoms. The van der Waals surface area contributed by atoms with Crippen LogP contribution in [0.25, 0.3) is 0 Å². The highest BCUT2D eigenvalue weighted by Gasteiger charge is 2.19. The van der Waals surface area contributed by atoms with Crippen LogP contribution in [-0.2, 0) is 28.6 Å². The average molecular weight is 841 g/mol. The van der Waals surface area contributed by atoms with Gasteiger partial charge in [-0.15, -0.1) is 0 Å². The van der Waals surface area contributed by atoms with E-state index in [1.54, 1.807) is 0 Å². The molecule has 0 radical (unpaired) electrons. The molecule has 0 fully saturated rings. The Labute approximate surface area is 371 Å². The molecule has 0 heterocycles. The zero-order valence-electron chi connectivity index (χ0n) is 39.7. The molecule has 0 aliphatic heterocycles. The summed E-state index contributed by atoms with van der Waals surface area (Å²) in [6, 6.07) is 0. The van der Waals surface area contributed by atoms with Gasteiger partial charge >= 0.3 is 17.9 Å². The first-order valence-corrected chi connectivity index (χ1v) is 25.7. The lowest BCUT2D eigenvalue weighted by atomic mass is 10.0. The van der Waals surface area contributed by atoms with E-state index in [1.807, 2.05) is 0 Å². The summed E-state index contributed by atoms with van der Waals surface area (Å²) < 4.78 is 16.7. The monoisotopic (exact) mass is 841 g/mol. The Morgan fingerprint density at radius 1 is 0.333 bits per heavy atom. The SMILES string of the molecule is CCCC/C=C\C=C/CCCCCC(=O)OCC(COC(=O)CCCCCCC/C=C\C=C/CCCCCCCCC)OC(=O)CCCCCCCCCCCCCCC. The molecular weight excluding hydrogens is 745 g/mol. The number of rotatable bonds is 46. The third-order valence-corrected chi connectivity index (χ3v) is 11.1. The molecule has 0 saturated carbocycles. The number of carbonyl (C=O) groups excluding carboxylic acids is 3. The molecule has 0 aliphatic rings. The van der Waals surface area contributed by atoms with E-state index >= 15 is 0 Å². The number of hydrogen-bond donors (Lipinski definition) is 0. The fourth-order valence-electron chi connectivity index (χ4n) is 7.17. The first kappa shape index (κ1) is 57.4. The van der Waals surface area contributed by atoms with Crippen LogP contribution in [0.15, 0.2) is 48.6 Å². The standard InChI is InChI=1S/C54H96O6/c1-4-7-10-13-16-19-22-24-25-26-27-28-30-32-35-38-41-44-47-53(56)59-50-51(49-58-52(55)46-43-40-37-34-31-21-18-15-12-9-6-3)60-54(57)48-45-42-39-36-33-29-23-20-17-14-11-8-5-2/h15,18,21,25-28,31,51H,4-14,16-17,19-20,22-24,29-30,32-50H2,1-3H3/b18-15-,26-25-,28-27-,31-21-. The second-order valence-corrected chi connectivity index (χ2v) is 17.1. The lowest BCUT2D eigenvalue weighted by Crippen LogP contribution is -2.30. The zero-order valence-corrected chi connectivity index (χ0v) is 39.7. The van der Waals surface area contributed by atoms with Crippen molar-refractivity contribution in [2.24, 2.45) is 0 Å². The molecule has 1 unspecified atom stereocenters. The summed E-state index contributed by atoms with van der Waals surface area (Å²) in [5.41, 5.74) is 0. The Bertz CT molecular complexity index is 1060. The molecule has 0 rings (SSSR count). The zero-order chi connectivity index (χ0) is 43.7. The number of allylic oxidation sites excluding steroid dienone is 8. The van der Waals surface area contributed by atoms with E-state index in [0.717, 1.165) is 89.9 Å². The van der Waals surface area contributed by atoms with Crippen molar-refractivity contribution >= 4 is 17.9 Å². The number of esters is 3. The molecular formula is C54H96O6. The number of hydrogen-bond acceptors (Lipinski definition) is 6. The molecule has 0 spiro atoms. The Kier molecular flexibility index (Phi) is 46.9. The van der Waals surface area contributed by atoms with Crippen molar-refractivity contribution in [1.82, 2.24) is 0 Å². The highest BCUT2D eigenvalue weighted by Crippen LogP contribution is 2.15. The van der Waals surface area contributed by atoms with Gasteiger partial charge in [0.2, 0.25) is 0 Å². The molecule has 0 aromatic rings. The highest BCUT2D eigenvalue weighted by atomic mass is 16.6. The third kappa shape index (κ3) is 46.4. The smallest absolute Gasteiger partial charge is 0.306 e. The van der Waals surface area contributed by atoms with Crippen molar-refractivity contribution in [3.05, 3.63) is 48.6 Å². The molecule has 6 nitrogen and oxygen atoms in total. The second-order valence-electron chi connectivity index (χ2n) is 17.1. The van der Waals surface area contributed by atoms with Gasteiger partial charge in [0.1, 0.15) is 13.2 Å². The number of ether oxygens (including phenoxy) is 3. The maximum Gasteiger partial charge on any atom is 0.306 e. The van der Waals surface area contributed by atoms with Crippen LogP contribution in [0.2, 0.25) is 0 Å². The molecule has 0 aliphatic carbocycles. The Morgan fingerprint density at radius 3 is 0.950 bits per heavy atom. The van der Waals surface area contributed by atoms with Crippen molar-refractivity contribution in [3.63, 3.8) is 0 Å². The summed E-state index contributed by atoms with van der Waals surface area (Å²) in [5.74, 6) is -0.924. The van der Waals surface area contributed by atoms with Crippen LogP contribution in [-0.4, -0.2) is 37.2 Å². The topological polar surface area (TPSA) is 78.9 Å². The van der Waals surface area contributed by atoms with Gasteiger partial charge < -0.3 is 14.2 Å². The number of unbranched alkanes of at least 4 members (excludes halogenated alkanes) is 29. The summed E-state index contributed by atoms with van der Waals surface area (Å²) in [6.45, 7) is 6.55. The van der Waals surface area contributed by atoms with E-state index in [-0.39, 0.29) is 31.1 Å². The molecule has 0 amide bonds. The summed E-state index contributed by atoms with van der Waals surface area (Å²) in [6.07, 6.45) is 58.1. The van der Waals surface area contributed by atoms with E-state index in [2.05, 4.69) is 69.4 Å². The molecule has 0 N–H and O–H groups in total. The number of carbonyl (C=O) groups is 3. The van der Waals surface area contributed by atoms with E-state index in [4.69, 9.17) is 14.2 Å². The van der Waals surface area contributed by atoms with Crippen LogP contribution in [0.5, 0.6) is 0 Å². The van der Waals surface area contributed by atoms with Crippen molar-refractivity contribution in [2.45, 2.75) is 264 Å². The van der Waals surface area contributed by atoms with Gasteiger partial charge in [-0.1, -0.05) is 223 Å². The van der Waals surface area contributed by atoms with Gasteiger partial charge in [-0.2, -0.15) is 0 Å². The first-order chi connectivity index (χ1) is 29.5. The summed E-state index contributed by atoms with van der Waals surface area (Å²) in [5, 5.41) is 0. The van der Waals surface area contributed by atoms with E-state index in [0.29, 0.717) is 19.3 Å². The molecule has 1 atom stereocenters. The van der Waals surface area contributed by atoms with Gasteiger partial charge in [-0.3, -0.25) is 14.4 Å². The van der Waals surface area contributed by atoms with Crippen molar-refractivity contribution in [3.8, 4) is 0 Å². The van der Waals surface area contributed by atoms with Gasteiger partial charge in [0.15, 0.2) is 6.10 Å². The normalized spacial score (nSPS) is 12.4. The minimum atomic E-state index is -0.786. The predicted octanol–water partition coefficient (Wildman–Crippen LogP) is 16.7. The minimum absolute atomic E-state index is 0.0878. The minimum Gasteiger partial charge on any atom is -0.462 e. The average Bonchev–Trinajstić information content (AvgIpc) is 3.24. The van der Waals surface area contributed by atoms with Crippen LogP contribution in [0.3, 0.4) is 0 Å². The van der Waals surface area contributed by atoms with Gasteiger partial charge in [0, 0.05) is 19.3 Å². The molecule has 348 valence electrons. The lowest BCUT2D eigenvalue weighted by molar-refractivity contribution is -0.167. The maximum absolute atomic E-state index is 12.8. The van der Waals surface area contributed by atoms with E-state index < -0.39 is 6.10 Å². The molecule has 0 aromatic heterocycles. The van der Waals surface area contributed by atoms with Crippen molar-refractivity contribution < 1.29 is 28.6 Å². The van der Waals surface area contributed by atoms with Crippen LogP contribution < -0.4 is 0 Å². The Hall–Kier alpha value is -2.63. The van der Waals surface area contributed by atoms with Gasteiger partial charge in [0.05, 0.1) is 0 Å². The first-order valence-electron chi connectivity index (χ1n) is 25.7. The summed E-state index contributed by atoms with van der Waals surface area (Å²) in [4.78, 5) is 37.9. The fraction of sp³-hybridized carbons (Fsp3) is 0.796.